The van der Waals surface area contributed by atoms with Gasteiger partial charge in [-0.05, 0) is 36.6 Å². The second kappa shape index (κ2) is 7.59. The van der Waals surface area contributed by atoms with Gasteiger partial charge >= 0.3 is 0 Å². The molecule has 0 bridgehead atoms. The van der Waals surface area contributed by atoms with Crippen molar-refractivity contribution in [3.63, 3.8) is 0 Å². The van der Waals surface area contributed by atoms with Crippen LogP contribution in [0.2, 0.25) is 0 Å². The summed E-state index contributed by atoms with van der Waals surface area (Å²) < 4.78 is 17.6. The van der Waals surface area contributed by atoms with Crippen molar-refractivity contribution >= 4 is 7.37 Å². The number of benzene rings is 2. The summed E-state index contributed by atoms with van der Waals surface area (Å²) in [5, 5.41) is 0. The number of hydrogen-bond donors (Lipinski definition) is 2. The molecule has 0 saturated heterocycles. The van der Waals surface area contributed by atoms with Crippen LogP contribution in [0.3, 0.4) is 0 Å². The minimum Gasteiger partial charge on any atom is -0.484 e. The van der Waals surface area contributed by atoms with E-state index in [1.54, 1.807) is 12.1 Å². The summed E-state index contributed by atoms with van der Waals surface area (Å²) in [7, 11) is -3.36. The van der Waals surface area contributed by atoms with E-state index in [1.807, 2.05) is 49.4 Å². The lowest BCUT2D eigenvalue weighted by Gasteiger charge is -2.13. The van der Waals surface area contributed by atoms with E-state index >= 15 is 0 Å². The van der Waals surface area contributed by atoms with Gasteiger partial charge in [0.25, 0.3) is 0 Å². The number of ether oxygens (including phenoxy) is 1. The molecule has 5 heteroatoms. The molecule has 0 aliphatic carbocycles. The predicted molar refractivity (Wildman–Crippen MR) is 89.3 cm³/mol. The maximum atomic E-state index is 12.2. The second-order valence-electron chi connectivity index (χ2n) is 5.59. The van der Waals surface area contributed by atoms with Crippen molar-refractivity contribution in [2.45, 2.75) is 25.5 Å². The Labute approximate surface area is 131 Å². The van der Waals surface area contributed by atoms with E-state index in [2.05, 4.69) is 0 Å². The molecule has 118 valence electrons. The quantitative estimate of drug-likeness (QED) is 0.767. The average molecular weight is 319 g/mol. The largest absolute Gasteiger partial charge is 0.484 e. The van der Waals surface area contributed by atoms with Crippen LogP contribution in [0, 0.1) is 0 Å². The van der Waals surface area contributed by atoms with Gasteiger partial charge in [-0.15, -0.1) is 0 Å². The van der Waals surface area contributed by atoms with Gasteiger partial charge in [0, 0.05) is 6.04 Å². The summed E-state index contributed by atoms with van der Waals surface area (Å²) >= 11 is 0. The maximum Gasteiger partial charge on any atom is 0.241 e. The van der Waals surface area contributed by atoms with Gasteiger partial charge in [0.2, 0.25) is 7.37 Å². The van der Waals surface area contributed by atoms with Crippen LogP contribution in [0.4, 0.5) is 0 Å². The van der Waals surface area contributed by atoms with Crippen LogP contribution < -0.4 is 10.5 Å². The van der Waals surface area contributed by atoms with Gasteiger partial charge in [0.15, 0.2) is 6.35 Å². The normalized spacial score (nSPS) is 15.0. The van der Waals surface area contributed by atoms with Crippen molar-refractivity contribution < 1.29 is 14.2 Å². The minimum absolute atomic E-state index is 0.107. The molecule has 2 atom stereocenters. The molecule has 0 aromatic heterocycles. The van der Waals surface area contributed by atoms with E-state index in [-0.39, 0.29) is 18.6 Å². The zero-order chi connectivity index (χ0) is 16.0. The molecule has 4 nitrogen and oxygen atoms in total. The van der Waals surface area contributed by atoms with Crippen LogP contribution in [0.25, 0.3) is 0 Å². The van der Waals surface area contributed by atoms with Crippen LogP contribution in [0.1, 0.15) is 18.1 Å². The molecule has 1 unspecified atom stereocenters. The summed E-state index contributed by atoms with van der Waals surface area (Å²) in [5.41, 5.74) is 7.71. The number of rotatable bonds is 7. The first-order valence-electron chi connectivity index (χ1n) is 7.27. The third-order valence-electron chi connectivity index (χ3n) is 3.19. The zero-order valence-electron chi connectivity index (χ0n) is 12.7. The highest BCUT2D eigenvalue weighted by atomic mass is 31.2. The van der Waals surface area contributed by atoms with E-state index in [1.165, 1.54) is 0 Å². The Hall–Kier alpha value is -1.61. The van der Waals surface area contributed by atoms with Crippen LogP contribution in [0.5, 0.6) is 5.75 Å². The van der Waals surface area contributed by atoms with Crippen molar-refractivity contribution in [2.75, 3.05) is 6.35 Å². The topological polar surface area (TPSA) is 72.5 Å². The highest BCUT2D eigenvalue weighted by molar-refractivity contribution is 7.56. The molecule has 0 radical (unpaired) electrons. The molecule has 2 aromatic rings. The van der Waals surface area contributed by atoms with Crippen molar-refractivity contribution in [2.24, 2.45) is 5.73 Å². The van der Waals surface area contributed by atoms with Crippen LogP contribution in [-0.2, 0) is 17.1 Å². The summed E-state index contributed by atoms with van der Waals surface area (Å²) in [6.45, 7) is 1.95. The van der Waals surface area contributed by atoms with Crippen LogP contribution >= 0.6 is 7.37 Å². The SMILES string of the molecule is C[C@@H](N)Cc1ccc(OCP(=O)(O)Cc2ccccc2)cc1. The second-order valence-corrected chi connectivity index (χ2v) is 7.86. The average Bonchev–Trinajstić information content (AvgIpc) is 2.47. The Kier molecular flexibility index (Phi) is 5.78. The highest BCUT2D eigenvalue weighted by Crippen LogP contribution is 2.44. The first kappa shape index (κ1) is 16.8. The smallest absolute Gasteiger partial charge is 0.241 e. The van der Waals surface area contributed by atoms with Gasteiger partial charge in [-0.25, -0.2) is 0 Å². The van der Waals surface area contributed by atoms with Crippen molar-refractivity contribution in [1.82, 2.24) is 0 Å². The van der Waals surface area contributed by atoms with Crippen molar-refractivity contribution in [3.05, 3.63) is 65.7 Å². The molecule has 0 heterocycles. The molecule has 0 aliphatic rings. The fourth-order valence-corrected chi connectivity index (χ4v) is 3.41. The van der Waals surface area contributed by atoms with E-state index in [4.69, 9.17) is 10.5 Å². The summed E-state index contributed by atoms with van der Waals surface area (Å²) in [5.74, 6) is 0.593. The zero-order valence-corrected chi connectivity index (χ0v) is 13.6. The molecule has 22 heavy (non-hydrogen) atoms. The Bertz CT molecular complexity index is 626. The number of hydrogen-bond acceptors (Lipinski definition) is 3. The molecular weight excluding hydrogens is 297 g/mol. The molecule has 0 fully saturated rings. The molecule has 2 rings (SSSR count). The van der Waals surface area contributed by atoms with E-state index in [9.17, 15) is 9.46 Å². The van der Waals surface area contributed by atoms with Gasteiger partial charge in [0.05, 0.1) is 6.16 Å². The summed E-state index contributed by atoms with van der Waals surface area (Å²) in [6.07, 6.45) is 0.734. The van der Waals surface area contributed by atoms with Crippen LogP contribution in [0.15, 0.2) is 54.6 Å². The summed E-state index contributed by atoms with van der Waals surface area (Å²) in [4.78, 5) is 10.0. The minimum atomic E-state index is -3.36. The van der Waals surface area contributed by atoms with E-state index in [0.717, 1.165) is 17.5 Å². The maximum absolute atomic E-state index is 12.2. The van der Waals surface area contributed by atoms with Gasteiger partial charge in [-0.2, -0.15) is 0 Å². The molecule has 0 amide bonds. The van der Waals surface area contributed by atoms with Crippen LogP contribution in [-0.4, -0.2) is 17.3 Å². The van der Waals surface area contributed by atoms with Gasteiger partial charge in [-0.1, -0.05) is 42.5 Å². The Morgan fingerprint density at radius 2 is 1.73 bits per heavy atom. The molecule has 2 aromatic carbocycles. The summed E-state index contributed by atoms with van der Waals surface area (Å²) in [6, 6.07) is 16.8. The Morgan fingerprint density at radius 1 is 1.09 bits per heavy atom. The third kappa shape index (κ3) is 5.64. The lowest BCUT2D eigenvalue weighted by Crippen LogP contribution is -2.17. The molecule has 3 N–H and O–H groups in total. The Morgan fingerprint density at radius 3 is 2.32 bits per heavy atom. The first-order chi connectivity index (χ1) is 10.4. The van der Waals surface area contributed by atoms with Crippen molar-refractivity contribution in [3.8, 4) is 5.75 Å². The van der Waals surface area contributed by atoms with Gasteiger partial charge < -0.3 is 15.4 Å². The van der Waals surface area contributed by atoms with Gasteiger partial charge in [0.1, 0.15) is 5.75 Å². The molecule has 0 saturated carbocycles. The van der Waals surface area contributed by atoms with E-state index in [0.29, 0.717) is 5.75 Å². The monoisotopic (exact) mass is 319 g/mol. The van der Waals surface area contributed by atoms with E-state index < -0.39 is 7.37 Å². The fourth-order valence-electron chi connectivity index (χ4n) is 2.18. The third-order valence-corrected chi connectivity index (χ3v) is 4.58. The lowest BCUT2D eigenvalue weighted by atomic mass is 10.1. The number of nitrogens with two attached hydrogens (primary N) is 1. The van der Waals surface area contributed by atoms with Crippen molar-refractivity contribution in [1.29, 1.82) is 0 Å². The predicted octanol–water partition coefficient (Wildman–Crippen LogP) is 3.38. The molecule has 0 spiro atoms. The van der Waals surface area contributed by atoms with Gasteiger partial charge in [-0.3, -0.25) is 4.57 Å². The standard InChI is InChI=1S/C17H22NO3P/c1-14(18)11-15-7-9-17(10-8-15)21-13-22(19,20)12-16-5-3-2-4-6-16/h2-10,14H,11-13,18H2,1H3,(H,19,20)/t14-/m1/s1. The molecular formula is C17H22NO3P. The lowest BCUT2D eigenvalue weighted by molar-refractivity contribution is 0.349. The first-order valence-corrected chi connectivity index (χ1v) is 9.30. The highest BCUT2D eigenvalue weighted by Gasteiger charge is 2.20. The Balaban J connectivity index is 1.90. The fraction of sp³-hybridized carbons (Fsp3) is 0.294. The molecule has 0 aliphatic heterocycles.